The molecule has 19 heavy (non-hydrogen) atoms. The minimum atomic E-state index is -0.917. The molecular weight excluding hydrogens is 250 g/mol. The number of benzene rings is 1. The van der Waals surface area contributed by atoms with Gasteiger partial charge in [0.2, 0.25) is 0 Å². The Hall–Kier alpha value is -1.65. The highest BCUT2D eigenvalue weighted by atomic mass is 19.1. The first-order valence-electron chi connectivity index (χ1n) is 6.14. The van der Waals surface area contributed by atoms with Crippen LogP contribution in [0.2, 0.25) is 0 Å². The van der Waals surface area contributed by atoms with Crippen LogP contribution in [-0.4, -0.2) is 11.9 Å². The van der Waals surface area contributed by atoms with Crippen molar-refractivity contribution in [1.82, 2.24) is 5.32 Å². The molecule has 0 spiro atoms. The van der Waals surface area contributed by atoms with E-state index in [4.69, 9.17) is 5.73 Å². The highest BCUT2D eigenvalue weighted by Gasteiger charge is 2.65. The number of anilines is 1. The monoisotopic (exact) mass is 268 g/mol. The number of rotatable bonds is 2. The van der Waals surface area contributed by atoms with Crippen LogP contribution in [0.1, 0.15) is 38.1 Å². The van der Waals surface area contributed by atoms with E-state index in [1.54, 1.807) is 0 Å². The van der Waals surface area contributed by atoms with E-state index in [0.29, 0.717) is 0 Å². The summed E-state index contributed by atoms with van der Waals surface area (Å²) in [4.78, 5) is 12.0. The van der Waals surface area contributed by atoms with Crippen LogP contribution in [0.5, 0.6) is 0 Å². The summed E-state index contributed by atoms with van der Waals surface area (Å²) < 4.78 is 26.6. The van der Waals surface area contributed by atoms with Gasteiger partial charge in [-0.25, -0.2) is 8.78 Å². The van der Waals surface area contributed by atoms with Crippen LogP contribution in [0.4, 0.5) is 14.5 Å². The summed E-state index contributed by atoms with van der Waals surface area (Å²) in [5.41, 5.74) is 4.48. The Kier molecular flexibility index (Phi) is 2.84. The lowest BCUT2D eigenvalue weighted by Gasteiger charge is -2.08. The van der Waals surface area contributed by atoms with Gasteiger partial charge >= 0.3 is 0 Å². The lowest BCUT2D eigenvalue weighted by Crippen LogP contribution is -2.30. The molecule has 2 rings (SSSR count). The number of nitrogens with two attached hydrogens (primary N) is 1. The topological polar surface area (TPSA) is 55.1 Å². The molecule has 1 fully saturated rings. The maximum absolute atomic E-state index is 13.3. The third kappa shape index (κ3) is 1.97. The van der Waals surface area contributed by atoms with Crippen LogP contribution in [0.25, 0.3) is 0 Å². The molecule has 1 amide bonds. The number of halogens is 2. The predicted octanol–water partition coefficient (Wildman–Crippen LogP) is 2.71. The van der Waals surface area contributed by atoms with Crippen LogP contribution >= 0.6 is 0 Å². The van der Waals surface area contributed by atoms with E-state index in [1.165, 1.54) is 0 Å². The van der Waals surface area contributed by atoms with Crippen LogP contribution in [0, 0.1) is 22.5 Å². The van der Waals surface area contributed by atoms with Gasteiger partial charge in [-0.3, -0.25) is 4.79 Å². The summed E-state index contributed by atoms with van der Waals surface area (Å²) in [5.74, 6) is -2.32. The molecule has 0 heterocycles. The maximum Gasteiger partial charge on any atom is 0.251 e. The first-order valence-corrected chi connectivity index (χ1v) is 6.14. The highest BCUT2D eigenvalue weighted by Crippen LogP contribution is 2.62. The average molecular weight is 268 g/mol. The number of amides is 1. The van der Waals surface area contributed by atoms with Gasteiger partial charge in [-0.2, -0.15) is 0 Å². The smallest absolute Gasteiger partial charge is 0.251 e. The Morgan fingerprint density at radius 3 is 1.95 bits per heavy atom. The van der Waals surface area contributed by atoms with Crippen molar-refractivity contribution in [2.75, 3.05) is 5.73 Å². The largest absolute Gasteiger partial charge is 0.394 e. The lowest BCUT2D eigenvalue weighted by atomic mass is 10.0. The van der Waals surface area contributed by atoms with E-state index in [0.717, 1.165) is 12.1 Å². The number of hydrogen-bond acceptors (Lipinski definition) is 2. The Morgan fingerprint density at radius 1 is 1.16 bits per heavy atom. The van der Waals surface area contributed by atoms with Crippen molar-refractivity contribution >= 4 is 11.6 Å². The summed E-state index contributed by atoms with van der Waals surface area (Å²) in [5, 5.41) is 2.81. The van der Waals surface area contributed by atoms with Gasteiger partial charge in [-0.05, 0) is 23.0 Å². The third-order valence-corrected chi connectivity index (χ3v) is 4.64. The third-order valence-electron chi connectivity index (χ3n) is 4.64. The zero-order valence-electron chi connectivity index (χ0n) is 11.5. The van der Waals surface area contributed by atoms with Gasteiger partial charge in [0.05, 0.1) is 0 Å². The molecule has 104 valence electrons. The summed E-state index contributed by atoms with van der Waals surface area (Å²) >= 11 is 0. The van der Waals surface area contributed by atoms with E-state index in [9.17, 15) is 13.6 Å². The average Bonchev–Trinajstić information content (AvgIpc) is 2.67. The van der Waals surface area contributed by atoms with Gasteiger partial charge < -0.3 is 11.1 Å². The molecule has 1 aliphatic carbocycles. The molecule has 0 atom stereocenters. The quantitative estimate of drug-likeness (QED) is 0.810. The van der Waals surface area contributed by atoms with Crippen LogP contribution in [0.15, 0.2) is 12.1 Å². The maximum atomic E-state index is 13.3. The summed E-state index contributed by atoms with van der Waals surface area (Å²) in [7, 11) is 0. The van der Waals surface area contributed by atoms with E-state index < -0.39 is 23.2 Å². The van der Waals surface area contributed by atoms with E-state index in [2.05, 4.69) is 5.32 Å². The molecular formula is C14H18F2N2O. The molecule has 0 aromatic heterocycles. The molecule has 0 radical (unpaired) electrons. The molecule has 5 heteroatoms. The zero-order chi connectivity index (χ0) is 14.6. The van der Waals surface area contributed by atoms with E-state index >= 15 is 0 Å². The van der Waals surface area contributed by atoms with Crippen molar-refractivity contribution in [2.45, 2.75) is 33.7 Å². The number of carbonyl (C=O) groups excluding carboxylic acids is 1. The molecule has 0 saturated heterocycles. The van der Waals surface area contributed by atoms with Crippen molar-refractivity contribution in [1.29, 1.82) is 0 Å². The zero-order valence-corrected chi connectivity index (χ0v) is 11.5. The van der Waals surface area contributed by atoms with Crippen molar-refractivity contribution in [3.05, 3.63) is 29.3 Å². The fourth-order valence-corrected chi connectivity index (χ4v) is 2.49. The van der Waals surface area contributed by atoms with Crippen molar-refractivity contribution in [2.24, 2.45) is 10.8 Å². The minimum absolute atomic E-state index is 0.0174. The Balaban J connectivity index is 2.19. The molecule has 1 aromatic rings. The fourth-order valence-electron chi connectivity index (χ4n) is 2.49. The lowest BCUT2D eigenvalue weighted by molar-refractivity contribution is 0.0942. The van der Waals surface area contributed by atoms with E-state index in [1.807, 2.05) is 27.7 Å². The van der Waals surface area contributed by atoms with Gasteiger partial charge in [0.25, 0.3) is 5.91 Å². The van der Waals surface area contributed by atoms with Crippen molar-refractivity contribution < 1.29 is 13.6 Å². The standard InChI is InChI=1S/C14H18F2N2O/c1-13(2)12(14(13,3)4)18-11(19)7-5-8(15)10(17)9(16)6-7/h5-6,12H,17H2,1-4H3,(H,18,19). The van der Waals surface area contributed by atoms with Gasteiger partial charge in [0.15, 0.2) is 0 Å². The van der Waals surface area contributed by atoms with Gasteiger partial charge in [-0.1, -0.05) is 27.7 Å². The first kappa shape index (κ1) is 13.8. The predicted molar refractivity (Wildman–Crippen MR) is 69.6 cm³/mol. The minimum Gasteiger partial charge on any atom is -0.394 e. The normalized spacial score (nSPS) is 20.1. The Labute approximate surface area is 111 Å². The van der Waals surface area contributed by atoms with Crippen LogP contribution in [0.3, 0.4) is 0 Å². The summed E-state index contributed by atoms with van der Waals surface area (Å²) in [6, 6.07) is 1.89. The fraction of sp³-hybridized carbons (Fsp3) is 0.500. The van der Waals surface area contributed by atoms with Crippen LogP contribution in [-0.2, 0) is 0 Å². The summed E-state index contributed by atoms with van der Waals surface area (Å²) in [6.45, 7) is 8.17. The SMILES string of the molecule is CC1(C)C(NC(=O)c2cc(F)c(N)c(F)c2)C1(C)C. The molecule has 1 aliphatic rings. The molecule has 0 aliphatic heterocycles. The van der Waals surface area contributed by atoms with Crippen LogP contribution < -0.4 is 11.1 Å². The number of hydrogen-bond donors (Lipinski definition) is 2. The molecule has 3 N–H and O–H groups in total. The number of nitrogen functional groups attached to an aromatic ring is 1. The number of carbonyl (C=O) groups is 1. The Bertz CT molecular complexity index is 515. The van der Waals surface area contributed by atoms with Gasteiger partial charge in [-0.15, -0.1) is 0 Å². The molecule has 1 aromatic carbocycles. The second-order valence-corrected chi connectivity index (χ2v) is 6.20. The molecule has 0 unspecified atom stereocenters. The van der Waals surface area contributed by atoms with Gasteiger partial charge in [0, 0.05) is 11.6 Å². The van der Waals surface area contributed by atoms with Crippen molar-refractivity contribution in [3.8, 4) is 0 Å². The van der Waals surface area contributed by atoms with Crippen molar-refractivity contribution in [3.63, 3.8) is 0 Å². The highest BCUT2D eigenvalue weighted by molar-refractivity contribution is 5.95. The van der Waals surface area contributed by atoms with Gasteiger partial charge in [0.1, 0.15) is 17.3 Å². The Morgan fingerprint density at radius 2 is 1.58 bits per heavy atom. The second kappa shape index (κ2) is 3.92. The second-order valence-electron chi connectivity index (χ2n) is 6.20. The number of nitrogens with one attached hydrogen (secondary N) is 1. The molecule has 1 saturated carbocycles. The molecule has 0 bridgehead atoms. The van der Waals surface area contributed by atoms with E-state index in [-0.39, 0.29) is 22.4 Å². The first-order chi connectivity index (χ1) is 8.59. The molecule has 3 nitrogen and oxygen atoms in total. The summed E-state index contributed by atoms with van der Waals surface area (Å²) in [6.07, 6.45) is 0.